The summed E-state index contributed by atoms with van der Waals surface area (Å²) in [6.45, 7) is 2.84. The first-order chi connectivity index (χ1) is 17.3. The molecular formula is C26H20F3N3O4S. The summed E-state index contributed by atoms with van der Waals surface area (Å²) in [5.74, 6) is -0.737. The second-order valence-corrected chi connectivity index (χ2v) is 10.8. The Hall–Kier alpha value is -4.17. The van der Waals surface area contributed by atoms with Crippen LogP contribution in [0.1, 0.15) is 30.5 Å². The molecule has 0 saturated carbocycles. The van der Waals surface area contributed by atoms with Crippen molar-refractivity contribution in [2.45, 2.75) is 41.9 Å². The molecule has 1 aliphatic rings. The largest absolute Gasteiger partial charge is 0.417 e. The third kappa shape index (κ3) is 4.56. The van der Waals surface area contributed by atoms with Crippen LogP contribution in [-0.2, 0) is 27.4 Å². The van der Waals surface area contributed by atoms with Crippen LogP contribution in [0.4, 0.5) is 23.7 Å². The van der Waals surface area contributed by atoms with Crippen molar-refractivity contribution in [2.24, 2.45) is 0 Å². The quantitative estimate of drug-likeness (QED) is 0.427. The molecule has 0 spiro atoms. The molecule has 1 saturated heterocycles. The normalized spacial score (nSPS) is 15.7. The van der Waals surface area contributed by atoms with E-state index in [-0.39, 0.29) is 22.0 Å². The molecular weight excluding hydrogens is 507 g/mol. The van der Waals surface area contributed by atoms with Gasteiger partial charge in [-0.3, -0.25) is 4.79 Å². The Kier molecular flexibility index (Phi) is 6.33. The lowest BCUT2D eigenvalue weighted by Crippen LogP contribution is -2.43. The van der Waals surface area contributed by atoms with Crippen LogP contribution in [0.5, 0.6) is 0 Å². The Morgan fingerprint density at radius 3 is 2.08 bits per heavy atom. The summed E-state index contributed by atoms with van der Waals surface area (Å²) in [7, 11) is -3.75. The Morgan fingerprint density at radius 1 is 0.919 bits per heavy atom. The molecule has 0 unspecified atom stereocenters. The zero-order chi connectivity index (χ0) is 27.2. The van der Waals surface area contributed by atoms with Crippen molar-refractivity contribution in [1.82, 2.24) is 4.90 Å². The highest BCUT2D eigenvalue weighted by Gasteiger charge is 2.52. The van der Waals surface area contributed by atoms with E-state index in [1.165, 1.54) is 61.2 Å². The second kappa shape index (κ2) is 9.05. The van der Waals surface area contributed by atoms with Crippen LogP contribution in [0.25, 0.3) is 0 Å². The molecule has 0 N–H and O–H groups in total. The van der Waals surface area contributed by atoms with Gasteiger partial charge in [0, 0.05) is 6.54 Å². The Balaban J connectivity index is 1.63. The fourth-order valence-electron chi connectivity index (χ4n) is 4.02. The minimum atomic E-state index is -4.86. The smallest absolute Gasteiger partial charge is 0.305 e. The number of sulfone groups is 1. The third-order valence-corrected chi connectivity index (χ3v) is 7.92. The standard InChI is InChI=1S/C26H20F3N3O4S/c1-25(2)23(33)32(19-11-10-18(15-30)22(14-19)26(27,28)29)24(34)31(25)16-17-8-12-21(13-9-17)37(35,36)20-6-4-3-5-7-20/h3-14H,16H2,1-2H3. The number of amides is 3. The first-order valence-electron chi connectivity index (χ1n) is 10.9. The van der Waals surface area contributed by atoms with Crippen molar-refractivity contribution < 1.29 is 31.2 Å². The van der Waals surface area contributed by atoms with Crippen molar-refractivity contribution in [3.8, 4) is 6.07 Å². The number of urea groups is 1. The third-order valence-electron chi connectivity index (χ3n) is 6.14. The fourth-order valence-corrected chi connectivity index (χ4v) is 5.31. The highest BCUT2D eigenvalue weighted by Crippen LogP contribution is 2.38. The van der Waals surface area contributed by atoms with Gasteiger partial charge < -0.3 is 4.90 Å². The average molecular weight is 528 g/mol. The van der Waals surface area contributed by atoms with E-state index in [1.54, 1.807) is 18.2 Å². The molecule has 3 amide bonds. The van der Waals surface area contributed by atoms with Gasteiger partial charge in [0.15, 0.2) is 0 Å². The molecule has 0 radical (unpaired) electrons. The monoisotopic (exact) mass is 527 g/mol. The van der Waals surface area contributed by atoms with Gasteiger partial charge in [0.1, 0.15) is 5.54 Å². The maximum Gasteiger partial charge on any atom is 0.417 e. The van der Waals surface area contributed by atoms with Crippen LogP contribution in [0, 0.1) is 11.3 Å². The maximum absolute atomic E-state index is 13.4. The van der Waals surface area contributed by atoms with Crippen LogP contribution in [0.15, 0.2) is 82.6 Å². The maximum atomic E-state index is 13.4. The van der Waals surface area contributed by atoms with Gasteiger partial charge in [0.05, 0.1) is 32.7 Å². The van der Waals surface area contributed by atoms with E-state index in [4.69, 9.17) is 5.26 Å². The number of hydrogen-bond acceptors (Lipinski definition) is 5. The molecule has 11 heteroatoms. The van der Waals surface area contributed by atoms with Crippen LogP contribution in [0.3, 0.4) is 0 Å². The van der Waals surface area contributed by atoms with Gasteiger partial charge in [-0.25, -0.2) is 18.1 Å². The van der Waals surface area contributed by atoms with E-state index in [1.807, 2.05) is 0 Å². The summed E-state index contributed by atoms with van der Waals surface area (Å²) in [6.07, 6.45) is -4.86. The number of carbonyl (C=O) groups excluding carboxylic acids is 2. The molecule has 3 aromatic rings. The number of nitrogens with zero attached hydrogens (tertiary/aromatic N) is 3. The molecule has 1 aliphatic heterocycles. The lowest BCUT2D eigenvalue weighted by molar-refractivity contribution is -0.137. The van der Waals surface area contributed by atoms with Crippen molar-refractivity contribution in [3.63, 3.8) is 0 Å². The molecule has 1 fully saturated rings. The first-order valence-corrected chi connectivity index (χ1v) is 12.4. The fraction of sp³-hybridized carbons (Fsp3) is 0.192. The molecule has 3 aromatic carbocycles. The molecule has 0 aromatic heterocycles. The van der Waals surface area contributed by atoms with E-state index < -0.39 is 44.6 Å². The zero-order valence-electron chi connectivity index (χ0n) is 19.7. The summed E-state index contributed by atoms with van der Waals surface area (Å²) in [5, 5.41) is 9.02. The summed E-state index contributed by atoms with van der Waals surface area (Å²) < 4.78 is 66.0. The molecule has 0 aliphatic carbocycles. The van der Waals surface area contributed by atoms with Crippen molar-refractivity contribution in [1.29, 1.82) is 5.26 Å². The Labute approximate surface area is 211 Å². The first kappa shape index (κ1) is 25.9. The Bertz CT molecular complexity index is 1530. The van der Waals surface area contributed by atoms with Gasteiger partial charge in [-0.15, -0.1) is 0 Å². The number of carbonyl (C=O) groups is 2. The van der Waals surface area contributed by atoms with Gasteiger partial charge in [0.25, 0.3) is 5.91 Å². The highest BCUT2D eigenvalue weighted by atomic mass is 32.2. The number of alkyl halides is 3. The SMILES string of the molecule is CC1(C)C(=O)N(c2ccc(C#N)c(C(F)(F)F)c2)C(=O)N1Cc1ccc(S(=O)(=O)c2ccccc2)cc1. The summed E-state index contributed by atoms with van der Waals surface area (Å²) in [6, 6.07) is 16.9. The molecule has 7 nitrogen and oxygen atoms in total. The number of anilines is 1. The molecule has 0 bridgehead atoms. The highest BCUT2D eigenvalue weighted by molar-refractivity contribution is 7.91. The van der Waals surface area contributed by atoms with Gasteiger partial charge in [-0.05, 0) is 61.9 Å². The predicted octanol–water partition coefficient (Wildman–Crippen LogP) is 5.16. The van der Waals surface area contributed by atoms with Crippen molar-refractivity contribution in [3.05, 3.63) is 89.5 Å². The summed E-state index contributed by atoms with van der Waals surface area (Å²) in [4.78, 5) is 28.4. The van der Waals surface area contributed by atoms with Crippen molar-refractivity contribution >= 4 is 27.5 Å². The average Bonchev–Trinajstić information content (AvgIpc) is 3.03. The van der Waals surface area contributed by atoms with E-state index in [0.717, 1.165) is 12.1 Å². The number of nitriles is 1. The number of imide groups is 1. The molecule has 37 heavy (non-hydrogen) atoms. The number of halogens is 3. The van der Waals surface area contributed by atoms with Gasteiger partial charge in [-0.1, -0.05) is 30.3 Å². The minimum Gasteiger partial charge on any atom is -0.305 e. The number of rotatable bonds is 5. The van der Waals surface area contributed by atoms with Crippen molar-refractivity contribution in [2.75, 3.05) is 4.90 Å². The van der Waals surface area contributed by atoms with Crippen LogP contribution >= 0.6 is 0 Å². The molecule has 190 valence electrons. The van der Waals surface area contributed by atoms with E-state index in [0.29, 0.717) is 16.5 Å². The molecule has 0 atom stereocenters. The molecule has 4 rings (SSSR count). The minimum absolute atomic E-state index is 0.0458. The number of hydrogen-bond donors (Lipinski definition) is 0. The van der Waals surface area contributed by atoms with E-state index >= 15 is 0 Å². The van der Waals surface area contributed by atoms with Gasteiger partial charge in [0.2, 0.25) is 9.84 Å². The second-order valence-electron chi connectivity index (χ2n) is 8.87. The van der Waals surface area contributed by atoms with E-state index in [9.17, 15) is 31.2 Å². The molecule has 1 heterocycles. The lowest BCUT2D eigenvalue weighted by Gasteiger charge is -2.27. The van der Waals surface area contributed by atoms with Crippen LogP contribution < -0.4 is 4.90 Å². The van der Waals surface area contributed by atoms with Gasteiger partial charge >= 0.3 is 12.2 Å². The lowest BCUT2D eigenvalue weighted by atomic mass is 10.0. The van der Waals surface area contributed by atoms with Gasteiger partial charge in [-0.2, -0.15) is 18.4 Å². The van der Waals surface area contributed by atoms with Crippen LogP contribution in [-0.4, -0.2) is 30.8 Å². The Morgan fingerprint density at radius 2 is 1.51 bits per heavy atom. The summed E-state index contributed by atoms with van der Waals surface area (Å²) >= 11 is 0. The summed E-state index contributed by atoms with van der Waals surface area (Å²) in [5.41, 5.74) is -3.07. The predicted molar refractivity (Wildman–Crippen MR) is 127 cm³/mol. The van der Waals surface area contributed by atoms with E-state index in [2.05, 4.69) is 0 Å². The number of benzene rings is 3. The zero-order valence-corrected chi connectivity index (χ0v) is 20.5. The topological polar surface area (TPSA) is 98.5 Å². The van der Waals surface area contributed by atoms with Crippen LogP contribution in [0.2, 0.25) is 0 Å².